The summed E-state index contributed by atoms with van der Waals surface area (Å²) in [7, 11) is -2.68. The van der Waals surface area contributed by atoms with E-state index in [0.29, 0.717) is 5.56 Å². The maximum absolute atomic E-state index is 12.4. The van der Waals surface area contributed by atoms with Crippen LogP contribution in [0.2, 0.25) is 0 Å². The van der Waals surface area contributed by atoms with Crippen molar-refractivity contribution in [3.8, 4) is 11.5 Å². The molecule has 0 amide bonds. The Morgan fingerprint density at radius 2 is 1.85 bits per heavy atom. The first-order valence-electron chi connectivity index (χ1n) is 5.44. The van der Waals surface area contributed by atoms with Crippen molar-refractivity contribution in [2.75, 3.05) is 5.75 Å². The predicted molar refractivity (Wildman–Crippen MR) is 73.9 cm³/mol. The molecule has 1 aromatic carbocycles. The molecule has 108 valence electrons. The highest BCUT2D eigenvalue weighted by Crippen LogP contribution is 2.22. The molecule has 1 aromatic heterocycles. The Bertz CT molecular complexity index is 823. The lowest BCUT2D eigenvalue weighted by atomic mass is 10.2. The maximum atomic E-state index is 12.4. The van der Waals surface area contributed by atoms with E-state index in [1.807, 2.05) is 6.07 Å². The summed E-state index contributed by atoms with van der Waals surface area (Å²) in [4.78, 5) is 0. The molecule has 0 N–H and O–H groups in total. The first kappa shape index (κ1) is 14.9. The monoisotopic (exact) mass is 335 g/mol. The SMILES string of the molecule is CC[S@@](=O)(=NS(=O)(=O)Cl)c1nnc(-c2ccccc2)o1. The molecule has 0 spiro atoms. The summed E-state index contributed by atoms with van der Waals surface area (Å²) >= 11 is 0. The molecule has 2 rings (SSSR count). The highest BCUT2D eigenvalue weighted by molar-refractivity contribution is 8.17. The standard InChI is InChI=1S/C10H10ClN3O4S2/c1-2-19(15,14-20(11,16)17)10-13-12-9(18-10)8-6-4-3-5-7-8/h3-7H,2H2,1H3/t19-/m0/s1. The highest BCUT2D eigenvalue weighted by Gasteiger charge is 2.22. The summed E-state index contributed by atoms with van der Waals surface area (Å²) < 4.78 is 42.7. The van der Waals surface area contributed by atoms with Gasteiger partial charge in [0.2, 0.25) is 5.89 Å². The Kier molecular flexibility index (Phi) is 4.11. The number of halogens is 1. The van der Waals surface area contributed by atoms with Gasteiger partial charge in [-0.1, -0.05) is 34.0 Å². The van der Waals surface area contributed by atoms with Crippen molar-refractivity contribution in [2.45, 2.75) is 12.1 Å². The lowest BCUT2D eigenvalue weighted by Crippen LogP contribution is -2.06. The molecule has 0 saturated carbocycles. The molecule has 1 atom stereocenters. The van der Waals surface area contributed by atoms with Gasteiger partial charge in [0.15, 0.2) is 0 Å². The molecule has 0 aliphatic rings. The minimum atomic E-state index is -4.30. The molecular weight excluding hydrogens is 326 g/mol. The Hall–Kier alpha value is -1.45. The van der Waals surface area contributed by atoms with Crippen LogP contribution in [0.15, 0.2) is 43.7 Å². The van der Waals surface area contributed by atoms with Crippen molar-refractivity contribution >= 4 is 29.6 Å². The molecule has 0 fully saturated rings. The number of nitrogens with zero attached hydrogens (tertiary/aromatic N) is 3. The van der Waals surface area contributed by atoms with Gasteiger partial charge in [-0.25, -0.2) is 4.21 Å². The van der Waals surface area contributed by atoms with Crippen molar-refractivity contribution in [3.05, 3.63) is 30.3 Å². The minimum absolute atomic E-state index is 0.116. The van der Waals surface area contributed by atoms with Crippen molar-refractivity contribution < 1.29 is 17.0 Å². The molecule has 0 saturated heterocycles. The lowest BCUT2D eigenvalue weighted by molar-refractivity contribution is 0.454. The third kappa shape index (κ3) is 3.35. The summed E-state index contributed by atoms with van der Waals surface area (Å²) in [5.74, 6) is 0.0130. The van der Waals surface area contributed by atoms with Gasteiger partial charge in [-0.3, -0.25) is 0 Å². The van der Waals surface area contributed by atoms with Crippen LogP contribution in [0.4, 0.5) is 0 Å². The molecular formula is C10H10ClN3O4S2. The van der Waals surface area contributed by atoms with Gasteiger partial charge < -0.3 is 4.42 Å². The summed E-state index contributed by atoms with van der Waals surface area (Å²) in [6.45, 7) is 1.49. The largest absolute Gasteiger partial charge is 0.409 e. The third-order valence-electron chi connectivity index (χ3n) is 2.30. The number of hydrogen-bond donors (Lipinski definition) is 0. The summed E-state index contributed by atoms with van der Waals surface area (Å²) in [5, 5.41) is 6.99. The maximum Gasteiger partial charge on any atom is 0.348 e. The van der Waals surface area contributed by atoms with Crippen molar-refractivity contribution in [2.24, 2.45) is 3.77 Å². The van der Waals surface area contributed by atoms with E-state index in [1.165, 1.54) is 6.92 Å². The van der Waals surface area contributed by atoms with Crippen molar-refractivity contribution in [1.29, 1.82) is 0 Å². The zero-order valence-corrected chi connectivity index (χ0v) is 12.7. The fourth-order valence-electron chi connectivity index (χ4n) is 1.39. The normalized spacial score (nSPS) is 14.7. The van der Waals surface area contributed by atoms with Crippen LogP contribution in [0.25, 0.3) is 11.5 Å². The van der Waals surface area contributed by atoms with Gasteiger partial charge in [-0.05, 0) is 12.1 Å². The molecule has 0 unspecified atom stereocenters. The molecule has 0 radical (unpaired) electrons. The van der Waals surface area contributed by atoms with E-state index in [2.05, 4.69) is 14.0 Å². The lowest BCUT2D eigenvalue weighted by Gasteiger charge is -1.99. The number of aromatic nitrogens is 2. The van der Waals surface area contributed by atoms with Gasteiger partial charge in [0.25, 0.3) is 0 Å². The second-order valence-electron chi connectivity index (χ2n) is 3.65. The average molecular weight is 336 g/mol. The first-order chi connectivity index (χ1) is 9.34. The molecule has 20 heavy (non-hydrogen) atoms. The molecule has 7 nitrogen and oxygen atoms in total. The third-order valence-corrected chi connectivity index (χ3v) is 5.98. The minimum Gasteiger partial charge on any atom is -0.409 e. The van der Waals surface area contributed by atoms with Gasteiger partial charge in [-0.15, -0.1) is 5.10 Å². The van der Waals surface area contributed by atoms with Gasteiger partial charge in [0.1, 0.15) is 9.73 Å². The van der Waals surface area contributed by atoms with Crippen LogP contribution in [-0.4, -0.2) is 28.6 Å². The molecule has 0 bridgehead atoms. The number of hydrogen-bond acceptors (Lipinski definition) is 6. The molecule has 10 heteroatoms. The zero-order chi connectivity index (χ0) is 14.8. The van der Waals surface area contributed by atoms with Gasteiger partial charge in [-0.2, -0.15) is 8.42 Å². The van der Waals surface area contributed by atoms with Crippen LogP contribution >= 0.6 is 10.7 Å². The average Bonchev–Trinajstić information content (AvgIpc) is 2.88. The summed E-state index contributed by atoms with van der Waals surface area (Å²) in [5.41, 5.74) is 0.623. The summed E-state index contributed by atoms with van der Waals surface area (Å²) in [6, 6.07) is 8.79. The quantitative estimate of drug-likeness (QED) is 0.792. The van der Waals surface area contributed by atoms with E-state index in [9.17, 15) is 12.6 Å². The number of rotatable bonds is 4. The smallest absolute Gasteiger partial charge is 0.348 e. The van der Waals surface area contributed by atoms with E-state index < -0.39 is 19.0 Å². The summed E-state index contributed by atoms with van der Waals surface area (Å²) in [6.07, 6.45) is 0. The van der Waals surface area contributed by atoms with Crippen LogP contribution < -0.4 is 0 Å². The van der Waals surface area contributed by atoms with Crippen molar-refractivity contribution in [3.63, 3.8) is 0 Å². The van der Waals surface area contributed by atoms with E-state index in [4.69, 9.17) is 15.1 Å². The van der Waals surface area contributed by atoms with E-state index in [-0.39, 0.29) is 16.9 Å². The van der Waals surface area contributed by atoms with Crippen LogP contribution in [0.1, 0.15) is 6.92 Å². The van der Waals surface area contributed by atoms with Gasteiger partial charge in [0.05, 0.1) is 0 Å². The van der Waals surface area contributed by atoms with Gasteiger partial charge in [0, 0.05) is 22.0 Å². The topological polar surface area (TPSA) is 102 Å². The highest BCUT2D eigenvalue weighted by atomic mass is 35.7. The molecule has 1 heterocycles. The van der Waals surface area contributed by atoms with Gasteiger partial charge >= 0.3 is 14.5 Å². The Balaban J connectivity index is 2.53. The fraction of sp³-hybridized carbons (Fsp3) is 0.200. The fourth-order valence-corrected chi connectivity index (χ4v) is 4.66. The molecule has 0 aliphatic carbocycles. The Morgan fingerprint density at radius 3 is 2.40 bits per heavy atom. The van der Waals surface area contributed by atoms with E-state index in [1.54, 1.807) is 24.3 Å². The van der Waals surface area contributed by atoms with Crippen LogP contribution in [-0.2, 0) is 19.0 Å². The second-order valence-corrected chi connectivity index (χ2v) is 8.45. The van der Waals surface area contributed by atoms with E-state index >= 15 is 0 Å². The van der Waals surface area contributed by atoms with Crippen LogP contribution in [0.3, 0.4) is 0 Å². The Labute approximate surface area is 120 Å². The molecule has 2 aromatic rings. The van der Waals surface area contributed by atoms with Crippen LogP contribution in [0.5, 0.6) is 0 Å². The Morgan fingerprint density at radius 1 is 1.20 bits per heavy atom. The molecule has 0 aliphatic heterocycles. The first-order valence-corrected chi connectivity index (χ1v) is 9.39. The van der Waals surface area contributed by atoms with E-state index in [0.717, 1.165) is 0 Å². The van der Waals surface area contributed by atoms with Crippen LogP contribution in [0, 0.1) is 0 Å². The van der Waals surface area contributed by atoms with Crippen molar-refractivity contribution in [1.82, 2.24) is 10.2 Å². The zero-order valence-electron chi connectivity index (χ0n) is 10.3. The second kappa shape index (κ2) is 5.51. The predicted octanol–water partition coefficient (Wildman–Crippen LogP) is 2.07. The number of benzene rings is 1.